The highest BCUT2D eigenvalue weighted by Gasteiger charge is 2.57. The van der Waals surface area contributed by atoms with E-state index in [1.54, 1.807) is 7.11 Å². The molecule has 2 aliphatic rings. The van der Waals surface area contributed by atoms with Crippen LogP contribution in [0, 0.1) is 0 Å². The minimum atomic E-state index is -0.717. The van der Waals surface area contributed by atoms with Crippen LogP contribution < -0.4 is 0 Å². The van der Waals surface area contributed by atoms with Gasteiger partial charge in [-0.05, 0) is 55.0 Å². The summed E-state index contributed by atoms with van der Waals surface area (Å²) >= 11 is 0. The first kappa shape index (κ1) is 22.7. The molecule has 0 aromatic heterocycles. The fourth-order valence-electron chi connectivity index (χ4n) is 5.19. The Balaban J connectivity index is 1.58. The second-order valence-electron chi connectivity index (χ2n) is 9.18. The Morgan fingerprint density at radius 2 is 1.78 bits per heavy atom. The van der Waals surface area contributed by atoms with E-state index < -0.39 is 5.54 Å². The molecule has 3 amide bonds. The molecule has 1 atom stereocenters. The first-order valence-electron chi connectivity index (χ1n) is 11.8. The standard InChI is InChI=1S/C26H35N3O3/c1-4-20(2)27-15-12-26(13-16-27)24(30)28(25(31)29(26)14-7-17-32-3)19-21-10-11-22-8-5-6-9-23(22)18-21/h5-6,8-11,18,20H,4,7,12-17,19H2,1-3H3. The minimum Gasteiger partial charge on any atom is -0.385 e. The van der Waals surface area contributed by atoms with Crippen molar-refractivity contribution in [3.63, 3.8) is 0 Å². The van der Waals surface area contributed by atoms with Crippen LogP contribution in [0.3, 0.4) is 0 Å². The number of piperidine rings is 1. The van der Waals surface area contributed by atoms with Crippen molar-refractivity contribution in [2.75, 3.05) is 33.4 Å². The van der Waals surface area contributed by atoms with Crippen LogP contribution in [0.1, 0.15) is 45.1 Å². The average Bonchev–Trinajstić information content (AvgIpc) is 3.00. The number of hydrogen-bond acceptors (Lipinski definition) is 4. The molecule has 0 bridgehead atoms. The third-order valence-corrected chi connectivity index (χ3v) is 7.35. The molecule has 2 saturated heterocycles. The van der Waals surface area contributed by atoms with Crippen LogP contribution in [-0.2, 0) is 16.1 Å². The zero-order valence-electron chi connectivity index (χ0n) is 19.5. The number of nitrogens with zero attached hydrogens (tertiary/aromatic N) is 3. The highest BCUT2D eigenvalue weighted by molar-refractivity contribution is 6.07. The molecule has 2 aliphatic heterocycles. The Bertz CT molecular complexity index is 968. The molecule has 2 aromatic rings. The van der Waals surface area contributed by atoms with Gasteiger partial charge in [-0.15, -0.1) is 0 Å². The molecule has 1 spiro atoms. The van der Waals surface area contributed by atoms with Crippen molar-refractivity contribution in [3.8, 4) is 0 Å². The molecule has 32 heavy (non-hydrogen) atoms. The predicted molar refractivity (Wildman–Crippen MR) is 126 cm³/mol. The molecular weight excluding hydrogens is 402 g/mol. The molecule has 6 nitrogen and oxygen atoms in total. The number of carbonyl (C=O) groups is 2. The Labute approximate surface area is 191 Å². The van der Waals surface area contributed by atoms with Crippen LogP contribution in [0.2, 0.25) is 0 Å². The molecule has 4 rings (SSSR count). The number of imide groups is 1. The number of likely N-dealkylation sites (tertiary alicyclic amines) is 1. The van der Waals surface area contributed by atoms with Crippen LogP contribution >= 0.6 is 0 Å². The summed E-state index contributed by atoms with van der Waals surface area (Å²) in [5.74, 6) is -0.0307. The van der Waals surface area contributed by atoms with Crippen LogP contribution in [0.15, 0.2) is 42.5 Å². The number of carbonyl (C=O) groups excluding carboxylic acids is 2. The zero-order chi connectivity index (χ0) is 22.7. The molecule has 0 saturated carbocycles. The smallest absolute Gasteiger partial charge is 0.327 e. The van der Waals surface area contributed by atoms with Crippen LogP contribution in [0.25, 0.3) is 10.8 Å². The van der Waals surface area contributed by atoms with Crippen LogP contribution in [0.5, 0.6) is 0 Å². The van der Waals surface area contributed by atoms with E-state index in [4.69, 9.17) is 4.74 Å². The lowest BCUT2D eigenvalue weighted by Gasteiger charge is -2.44. The molecule has 2 aromatic carbocycles. The maximum atomic E-state index is 13.8. The third-order valence-electron chi connectivity index (χ3n) is 7.35. The van der Waals surface area contributed by atoms with E-state index in [-0.39, 0.29) is 11.9 Å². The number of fused-ring (bicyclic) bond motifs is 1. The number of rotatable bonds is 8. The van der Waals surface area contributed by atoms with E-state index in [2.05, 4.69) is 43.0 Å². The van der Waals surface area contributed by atoms with Crippen molar-refractivity contribution in [3.05, 3.63) is 48.0 Å². The predicted octanol–water partition coefficient (Wildman–Crippen LogP) is 4.27. The lowest BCUT2D eigenvalue weighted by Crippen LogP contribution is -2.57. The maximum absolute atomic E-state index is 13.8. The fraction of sp³-hybridized carbons (Fsp3) is 0.538. The quantitative estimate of drug-likeness (QED) is 0.457. The molecule has 2 heterocycles. The molecule has 2 fully saturated rings. The summed E-state index contributed by atoms with van der Waals surface area (Å²) < 4.78 is 5.22. The van der Waals surface area contributed by atoms with Crippen molar-refractivity contribution in [1.29, 1.82) is 0 Å². The van der Waals surface area contributed by atoms with Gasteiger partial charge in [0.1, 0.15) is 5.54 Å². The molecule has 1 unspecified atom stereocenters. The lowest BCUT2D eigenvalue weighted by molar-refractivity contribution is -0.136. The first-order valence-corrected chi connectivity index (χ1v) is 11.8. The fourth-order valence-corrected chi connectivity index (χ4v) is 5.19. The summed E-state index contributed by atoms with van der Waals surface area (Å²) in [6, 6.07) is 14.7. The summed E-state index contributed by atoms with van der Waals surface area (Å²) in [7, 11) is 1.67. The highest BCUT2D eigenvalue weighted by atomic mass is 16.5. The second kappa shape index (κ2) is 9.59. The molecule has 6 heteroatoms. The third kappa shape index (κ3) is 4.14. The SMILES string of the molecule is CCC(C)N1CCC2(CC1)C(=O)N(Cc1ccc3ccccc3c1)C(=O)N2CCCOC. The number of ether oxygens (including phenoxy) is 1. The maximum Gasteiger partial charge on any atom is 0.327 e. The second-order valence-corrected chi connectivity index (χ2v) is 9.18. The van der Waals surface area contributed by atoms with Gasteiger partial charge in [-0.3, -0.25) is 9.69 Å². The Hall–Kier alpha value is -2.44. The van der Waals surface area contributed by atoms with Gasteiger partial charge in [0, 0.05) is 39.4 Å². The van der Waals surface area contributed by atoms with Crippen molar-refractivity contribution in [2.45, 2.75) is 57.7 Å². The largest absolute Gasteiger partial charge is 0.385 e. The van der Waals surface area contributed by atoms with Crippen molar-refractivity contribution < 1.29 is 14.3 Å². The van der Waals surface area contributed by atoms with Gasteiger partial charge in [-0.1, -0.05) is 43.3 Å². The number of benzene rings is 2. The number of amides is 3. The van der Waals surface area contributed by atoms with Gasteiger partial charge in [-0.2, -0.15) is 0 Å². The normalized spacial score (nSPS) is 20.0. The highest BCUT2D eigenvalue weighted by Crippen LogP contribution is 2.39. The number of hydrogen-bond donors (Lipinski definition) is 0. The van der Waals surface area contributed by atoms with E-state index in [1.165, 1.54) is 4.90 Å². The number of urea groups is 1. The average molecular weight is 438 g/mol. The van der Waals surface area contributed by atoms with E-state index in [9.17, 15) is 9.59 Å². The van der Waals surface area contributed by atoms with Crippen LogP contribution in [-0.4, -0.2) is 71.6 Å². The van der Waals surface area contributed by atoms with Gasteiger partial charge in [0.2, 0.25) is 0 Å². The Kier molecular flexibility index (Phi) is 6.82. The Morgan fingerprint density at radius 3 is 2.47 bits per heavy atom. The van der Waals surface area contributed by atoms with Crippen molar-refractivity contribution in [2.24, 2.45) is 0 Å². The monoisotopic (exact) mass is 437 g/mol. The van der Waals surface area contributed by atoms with E-state index in [1.807, 2.05) is 23.1 Å². The van der Waals surface area contributed by atoms with Gasteiger partial charge in [0.15, 0.2) is 0 Å². The molecule has 0 N–H and O–H groups in total. The van der Waals surface area contributed by atoms with Crippen molar-refractivity contribution in [1.82, 2.24) is 14.7 Å². The molecular formula is C26H35N3O3. The first-order chi connectivity index (χ1) is 15.5. The Morgan fingerprint density at radius 1 is 1.06 bits per heavy atom. The summed E-state index contributed by atoms with van der Waals surface area (Å²) in [6.45, 7) is 7.58. The summed E-state index contributed by atoms with van der Waals surface area (Å²) in [6.07, 6.45) is 3.22. The summed E-state index contributed by atoms with van der Waals surface area (Å²) in [5.41, 5.74) is 0.266. The van der Waals surface area contributed by atoms with Gasteiger partial charge < -0.3 is 14.5 Å². The topological polar surface area (TPSA) is 53.1 Å². The lowest BCUT2D eigenvalue weighted by atomic mass is 9.85. The van der Waals surface area contributed by atoms with Crippen molar-refractivity contribution >= 4 is 22.7 Å². The van der Waals surface area contributed by atoms with Gasteiger partial charge in [0.05, 0.1) is 6.54 Å². The van der Waals surface area contributed by atoms with Crippen LogP contribution in [0.4, 0.5) is 4.79 Å². The van der Waals surface area contributed by atoms with E-state index in [0.29, 0.717) is 38.6 Å². The van der Waals surface area contributed by atoms with Gasteiger partial charge >= 0.3 is 6.03 Å². The van der Waals surface area contributed by atoms with Gasteiger partial charge in [-0.25, -0.2) is 4.79 Å². The summed E-state index contributed by atoms with van der Waals surface area (Å²) in [4.78, 5) is 33.0. The van der Waals surface area contributed by atoms with E-state index in [0.717, 1.165) is 42.3 Å². The summed E-state index contributed by atoms with van der Waals surface area (Å²) in [5, 5.41) is 2.28. The molecule has 0 aliphatic carbocycles. The van der Waals surface area contributed by atoms with Gasteiger partial charge in [0.25, 0.3) is 5.91 Å². The number of methoxy groups -OCH3 is 1. The molecule has 172 valence electrons. The zero-order valence-corrected chi connectivity index (χ0v) is 19.5. The molecule has 0 radical (unpaired) electrons. The van der Waals surface area contributed by atoms with E-state index >= 15 is 0 Å². The minimum absolute atomic E-state index is 0.0307.